The van der Waals surface area contributed by atoms with Gasteiger partial charge in [0.1, 0.15) is 11.0 Å². The minimum absolute atomic E-state index is 0.124. The number of hydrogen-bond donors (Lipinski definition) is 3. The van der Waals surface area contributed by atoms with Crippen molar-refractivity contribution in [2.45, 2.75) is 19.8 Å². The number of hydrogen-bond acceptors (Lipinski definition) is 4. The lowest BCUT2D eigenvalue weighted by atomic mass is 10.0. The molecule has 2 rings (SSSR count). The maximum Gasteiger partial charge on any atom is 0.308 e. The van der Waals surface area contributed by atoms with Gasteiger partial charge in [0.05, 0.1) is 5.92 Å². The molecule has 0 saturated heterocycles. The van der Waals surface area contributed by atoms with Crippen molar-refractivity contribution in [1.82, 2.24) is 20.7 Å². The molecule has 0 saturated carbocycles. The third-order valence-electron chi connectivity index (χ3n) is 3.07. The number of aliphatic carboxylic acids is 1. The van der Waals surface area contributed by atoms with E-state index in [-0.39, 0.29) is 12.5 Å². The van der Waals surface area contributed by atoms with E-state index in [1.54, 1.807) is 18.2 Å². The summed E-state index contributed by atoms with van der Waals surface area (Å²) in [5, 5.41) is 21.9. The summed E-state index contributed by atoms with van der Waals surface area (Å²) in [4.78, 5) is 23.0. The zero-order chi connectivity index (χ0) is 14.5. The van der Waals surface area contributed by atoms with Crippen LogP contribution in [0.4, 0.5) is 0 Å². The Morgan fingerprint density at radius 3 is 2.80 bits per heavy atom. The number of carboxylic acid groups (broad SMARTS) is 1. The number of rotatable bonds is 6. The molecule has 1 aromatic heterocycles. The molecular weight excluding hydrogens is 260 g/mol. The molecule has 1 aromatic carbocycles. The van der Waals surface area contributed by atoms with Gasteiger partial charge in [-0.3, -0.25) is 9.59 Å². The average Bonchev–Trinajstić information content (AvgIpc) is 2.89. The minimum Gasteiger partial charge on any atom is -0.481 e. The lowest BCUT2D eigenvalue weighted by Gasteiger charge is -2.12. The van der Waals surface area contributed by atoms with Crippen molar-refractivity contribution in [1.29, 1.82) is 0 Å². The summed E-state index contributed by atoms with van der Waals surface area (Å²) < 4.78 is 0. The van der Waals surface area contributed by atoms with E-state index in [1.165, 1.54) is 0 Å². The summed E-state index contributed by atoms with van der Waals surface area (Å²) in [6.45, 7) is 2.04. The average molecular weight is 276 g/mol. The second-order valence-electron chi connectivity index (χ2n) is 4.56. The Labute approximate surface area is 115 Å². The Kier molecular flexibility index (Phi) is 4.29. The molecule has 0 radical (unpaired) electrons. The van der Waals surface area contributed by atoms with Crippen LogP contribution in [-0.4, -0.2) is 38.9 Å². The number of nitrogens with one attached hydrogen (secondary N) is 2. The van der Waals surface area contributed by atoms with Gasteiger partial charge in [-0.25, -0.2) is 0 Å². The summed E-state index contributed by atoms with van der Waals surface area (Å²) in [7, 11) is 0. The first-order valence-corrected chi connectivity index (χ1v) is 6.43. The summed E-state index contributed by atoms with van der Waals surface area (Å²) in [5.41, 5.74) is 1.71. The van der Waals surface area contributed by atoms with Gasteiger partial charge in [-0.1, -0.05) is 13.3 Å². The molecule has 0 bridgehead atoms. The van der Waals surface area contributed by atoms with E-state index in [0.29, 0.717) is 23.0 Å². The highest BCUT2D eigenvalue weighted by Crippen LogP contribution is 2.11. The van der Waals surface area contributed by atoms with Gasteiger partial charge in [0.2, 0.25) is 0 Å². The molecular formula is C13H16N4O3. The van der Waals surface area contributed by atoms with Crippen LogP contribution in [0, 0.1) is 5.92 Å². The molecule has 106 valence electrons. The molecule has 0 aliphatic carbocycles. The van der Waals surface area contributed by atoms with Crippen LogP contribution in [0.5, 0.6) is 0 Å². The number of aromatic amines is 1. The Bertz CT molecular complexity index is 623. The van der Waals surface area contributed by atoms with Crippen LogP contribution in [0.2, 0.25) is 0 Å². The lowest BCUT2D eigenvalue weighted by Crippen LogP contribution is -2.32. The van der Waals surface area contributed by atoms with Crippen LogP contribution in [0.1, 0.15) is 30.1 Å². The van der Waals surface area contributed by atoms with Crippen molar-refractivity contribution < 1.29 is 14.7 Å². The second-order valence-corrected chi connectivity index (χ2v) is 4.56. The summed E-state index contributed by atoms with van der Waals surface area (Å²) in [6.07, 6.45) is 1.30. The SMILES string of the molecule is CCCC(CNC(=O)c1ccc2n[nH]nc2c1)C(=O)O. The van der Waals surface area contributed by atoms with Gasteiger partial charge in [-0.2, -0.15) is 15.4 Å². The van der Waals surface area contributed by atoms with Crippen LogP contribution >= 0.6 is 0 Å². The van der Waals surface area contributed by atoms with Gasteiger partial charge >= 0.3 is 5.97 Å². The fraction of sp³-hybridized carbons (Fsp3) is 0.385. The lowest BCUT2D eigenvalue weighted by molar-refractivity contribution is -0.141. The number of nitrogens with zero attached hydrogens (tertiary/aromatic N) is 2. The number of aromatic nitrogens is 3. The van der Waals surface area contributed by atoms with Crippen LogP contribution < -0.4 is 5.32 Å². The quantitative estimate of drug-likeness (QED) is 0.734. The number of benzene rings is 1. The number of amides is 1. The van der Waals surface area contributed by atoms with Gasteiger partial charge in [0.15, 0.2) is 0 Å². The van der Waals surface area contributed by atoms with Crippen molar-refractivity contribution >= 4 is 22.9 Å². The first-order valence-electron chi connectivity index (χ1n) is 6.43. The molecule has 3 N–H and O–H groups in total. The topological polar surface area (TPSA) is 108 Å². The van der Waals surface area contributed by atoms with Crippen LogP contribution in [0.25, 0.3) is 11.0 Å². The van der Waals surface area contributed by atoms with Crippen molar-refractivity contribution in [2.24, 2.45) is 5.92 Å². The van der Waals surface area contributed by atoms with Gasteiger partial charge in [-0.15, -0.1) is 0 Å². The summed E-state index contributed by atoms with van der Waals surface area (Å²) in [6, 6.07) is 4.94. The number of carbonyl (C=O) groups excluding carboxylic acids is 1. The smallest absolute Gasteiger partial charge is 0.308 e. The zero-order valence-electron chi connectivity index (χ0n) is 11.1. The molecule has 0 fully saturated rings. The van der Waals surface area contributed by atoms with Crippen molar-refractivity contribution in [2.75, 3.05) is 6.54 Å². The van der Waals surface area contributed by atoms with E-state index in [0.717, 1.165) is 6.42 Å². The molecule has 7 heteroatoms. The monoisotopic (exact) mass is 276 g/mol. The molecule has 0 aliphatic heterocycles. The molecule has 0 aliphatic rings. The highest BCUT2D eigenvalue weighted by molar-refractivity contribution is 5.97. The molecule has 0 spiro atoms. The summed E-state index contributed by atoms with van der Waals surface area (Å²) >= 11 is 0. The normalized spacial score (nSPS) is 12.2. The van der Waals surface area contributed by atoms with Gasteiger partial charge in [0.25, 0.3) is 5.91 Å². The highest BCUT2D eigenvalue weighted by Gasteiger charge is 2.17. The zero-order valence-corrected chi connectivity index (χ0v) is 11.1. The van der Waals surface area contributed by atoms with E-state index >= 15 is 0 Å². The van der Waals surface area contributed by atoms with E-state index in [4.69, 9.17) is 5.11 Å². The van der Waals surface area contributed by atoms with Crippen molar-refractivity contribution in [3.8, 4) is 0 Å². The number of fused-ring (bicyclic) bond motifs is 1. The molecule has 7 nitrogen and oxygen atoms in total. The summed E-state index contributed by atoms with van der Waals surface area (Å²) in [5.74, 6) is -1.75. The number of carbonyl (C=O) groups is 2. The largest absolute Gasteiger partial charge is 0.481 e. The highest BCUT2D eigenvalue weighted by atomic mass is 16.4. The van der Waals surface area contributed by atoms with Gasteiger partial charge < -0.3 is 10.4 Å². The van der Waals surface area contributed by atoms with E-state index in [2.05, 4.69) is 20.7 Å². The fourth-order valence-electron chi connectivity index (χ4n) is 1.96. The minimum atomic E-state index is -0.890. The first kappa shape index (κ1) is 14.0. The van der Waals surface area contributed by atoms with E-state index in [1.807, 2.05) is 6.92 Å². The Hall–Kier alpha value is -2.44. The van der Waals surface area contributed by atoms with Crippen LogP contribution in [0.15, 0.2) is 18.2 Å². The predicted octanol–water partition coefficient (Wildman–Crippen LogP) is 1.19. The van der Waals surface area contributed by atoms with E-state index in [9.17, 15) is 9.59 Å². The number of carboxylic acids is 1. The van der Waals surface area contributed by atoms with E-state index < -0.39 is 11.9 Å². The third-order valence-corrected chi connectivity index (χ3v) is 3.07. The molecule has 1 heterocycles. The maximum absolute atomic E-state index is 12.0. The van der Waals surface area contributed by atoms with Crippen LogP contribution in [0.3, 0.4) is 0 Å². The molecule has 2 aromatic rings. The van der Waals surface area contributed by atoms with Crippen molar-refractivity contribution in [3.63, 3.8) is 0 Å². The molecule has 20 heavy (non-hydrogen) atoms. The second kappa shape index (κ2) is 6.14. The Balaban J connectivity index is 2.02. The predicted molar refractivity (Wildman–Crippen MR) is 72.3 cm³/mol. The first-order chi connectivity index (χ1) is 9.61. The Morgan fingerprint density at radius 1 is 1.35 bits per heavy atom. The maximum atomic E-state index is 12.0. The standard InChI is InChI=1S/C13H16N4O3/c1-2-3-9(13(19)20)7-14-12(18)8-4-5-10-11(6-8)16-17-15-10/h4-6,9H,2-3,7H2,1H3,(H,14,18)(H,19,20)(H,15,16,17). The fourth-order valence-corrected chi connectivity index (χ4v) is 1.96. The molecule has 1 atom stereocenters. The Morgan fingerprint density at radius 2 is 2.10 bits per heavy atom. The van der Waals surface area contributed by atoms with Crippen LogP contribution in [-0.2, 0) is 4.79 Å². The van der Waals surface area contributed by atoms with Gasteiger partial charge in [0, 0.05) is 12.1 Å². The number of H-pyrrole nitrogens is 1. The molecule has 1 unspecified atom stereocenters. The molecule has 1 amide bonds. The third kappa shape index (κ3) is 3.11. The van der Waals surface area contributed by atoms with Gasteiger partial charge in [-0.05, 0) is 24.6 Å². The van der Waals surface area contributed by atoms with Crippen molar-refractivity contribution in [3.05, 3.63) is 23.8 Å².